The summed E-state index contributed by atoms with van der Waals surface area (Å²) in [6, 6.07) is 0. The lowest BCUT2D eigenvalue weighted by Crippen LogP contribution is -2.34. The summed E-state index contributed by atoms with van der Waals surface area (Å²) < 4.78 is 0. The van der Waals surface area contributed by atoms with Crippen molar-refractivity contribution in [2.75, 3.05) is 0 Å². The Bertz CT molecular complexity index is 335. The zero-order valence-corrected chi connectivity index (χ0v) is 12.7. The summed E-state index contributed by atoms with van der Waals surface area (Å²) >= 11 is 0. The largest absolute Gasteiger partial charge is 0.160 e. The van der Waals surface area contributed by atoms with Gasteiger partial charge in [0.05, 0.1) is 0 Å². The molecule has 0 aliphatic heterocycles. The van der Waals surface area contributed by atoms with E-state index in [4.69, 9.17) is 10.2 Å². The first kappa shape index (κ1) is 13.0. The second-order valence-corrected chi connectivity index (χ2v) is 7.56. The minimum atomic E-state index is 0.787. The second kappa shape index (κ2) is 5.61. The molecule has 4 aliphatic carbocycles. The molecule has 4 fully saturated rings. The molecule has 0 unspecified atom stereocenters. The Balaban J connectivity index is 1.58. The van der Waals surface area contributed by atoms with Gasteiger partial charge in [0, 0.05) is 11.4 Å². The van der Waals surface area contributed by atoms with Gasteiger partial charge in [0.1, 0.15) is 0 Å². The average molecular weight is 272 g/mol. The monoisotopic (exact) mass is 272 g/mol. The van der Waals surface area contributed by atoms with Crippen LogP contribution < -0.4 is 0 Å². The summed E-state index contributed by atoms with van der Waals surface area (Å²) in [6.45, 7) is 0. The normalized spacial score (nSPS) is 40.4. The third-order valence-electron chi connectivity index (χ3n) is 6.37. The molecule has 0 aromatic heterocycles. The predicted octanol–water partition coefficient (Wildman–Crippen LogP) is 4.98. The standard InChI is InChI=1S/C18H28N2/c1-5-13-7-2-8-14(6-1)17(13)19-20-18-15-9-3-10-16(18)12-4-11-15/h13-16H,1-12H2. The van der Waals surface area contributed by atoms with E-state index in [9.17, 15) is 0 Å². The SMILES string of the molecule is C1CC2CCCC(C1)C2=NN=C1C2CCCC1CCC2. The van der Waals surface area contributed by atoms with Crippen molar-refractivity contribution in [1.82, 2.24) is 0 Å². The minimum Gasteiger partial charge on any atom is -0.160 e. The van der Waals surface area contributed by atoms with Gasteiger partial charge in [-0.2, -0.15) is 10.2 Å². The first-order chi connectivity index (χ1) is 9.92. The molecule has 0 N–H and O–H groups in total. The quantitative estimate of drug-likeness (QED) is 0.601. The van der Waals surface area contributed by atoms with Crippen molar-refractivity contribution in [2.24, 2.45) is 33.9 Å². The predicted molar refractivity (Wildman–Crippen MR) is 84.2 cm³/mol. The first-order valence-electron chi connectivity index (χ1n) is 9.07. The van der Waals surface area contributed by atoms with Crippen LogP contribution in [0.4, 0.5) is 0 Å². The third kappa shape index (κ3) is 2.35. The van der Waals surface area contributed by atoms with Crippen LogP contribution in [0.3, 0.4) is 0 Å². The third-order valence-corrected chi connectivity index (χ3v) is 6.37. The summed E-state index contributed by atoms with van der Waals surface area (Å²) in [6.07, 6.45) is 16.8. The van der Waals surface area contributed by atoms with E-state index in [-0.39, 0.29) is 0 Å². The fourth-order valence-electron chi connectivity index (χ4n) is 5.31. The summed E-state index contributed by atoms with van der Waals surface area (Å²) in [4.78, 5) is 0. The highest BCUT2D eigenvalue weighted by Gasteiger charge is 2.34. The summed E-state index contributed by atoms with van der Waals surface area (Å²) in [5.41, 5.74) is 3.00. The van der Waals surface area contributed by atoms with Crippen molar-refractivity contribution in [3.63, 3.8) is 0 Å². The molecule has 0 saturated heterocycles. The van der Waals surface area contributed by atoms with Crippen LogP contribution in [0.5, 0.6) is 0 Å². The number of nitrogens with zero attached hydrogens (tertiary/aromatic N) is 2. The molecule has 0 radical (unpaired) electrons. The maximum Gasteiger partial charge on any atom is 0.0467 e. The molecular weight excluding hydrogens is 244 g/mol. The Labute approximate surface area is 123 Å². The molecule has 0 aromatic rings. The van der Waals surface area contributed by atoms with Gasteiger partial charge < -0.3 is 0 Å². The molecule has 4 saturated carbocycles. The molecule has 4 rings (SSSR count). The molecule has 2 nitrogen and oxygen atoms in total. The fourth-order valence-corrected chi connectivity index (χ4v) is 5.31. The molecular formula is C18H28N2. The number of rotatable bonds is 1. The van der Waals surface area contributed by atoms with E-state index >= 15 is 0 Å². The summed E-state index contributed by atoms with van der Waals surface area (Å²) in [5.74, 6) is 3.15. The fraction of sp³-hybridized carbons (Fsp3) is 0.889. The number of fused-ring (bicyclic) bond motifs is 4. The summed E-state index contributed by atoms with van der Waals surface area (Å²) in [7, 11) is 0. The van der Waals surface area contributed by atoms with E-state index in [0.717, 1.165) is 23.7 Å². The van der Waals surface area contributed by atoms with Crippen molar-refractivity contribution in [2.45, 2.75) is 77.0 Å². The molecule has 4 aliphatic rings. The van der Waals surface area contributed by atoms with Crippen molar-refractivity contribution in [3.05, 3.63) is 0 Å². The van der Waals surface area contributed by atoms with E-state index in [2.05, 4.69) is 0 Å². The maximum atomic E-state index is 4.88. The molecule has 2 heteroatoms. The Kier molecular flexibility index (Phi) is 3.66. The van der Waals surface area contributed by atoms with Gasteiger partial charge in [-0.3, -0.25) is 0 Å². The van der Waals surface area contributed by atoms with Crippen LogP contribution in [0.2, 0.25) is 0 Å². The Morgan fingerprint density at radius 1 is 0.450 bits per heavy atom. The highest BCUT2D eigenvalue weighted by atomic mass is 15.2. The van der Waals surface area contributed by atoms with Crippen molar-refractivity contribution in [1.29, 1.82) is 0 Å². The lowest BCUT2D eigenvalue weighted by molar-refractivity contribution is 0.342. The maximum absolute atomic E-state index is 4.88. The van der Waals surface area contributed by atoms with Crippen molar-refractivity contribution < 1.29 is 0 Å². The summed E-state index contributed by atoms with van der Waals surface area (Å²) in [5, 5.41) is 9.76. The van der Waals surface area contributed by atoms with Gasteiger partial charge in [0.25, 0.3) is 0 Å². The molecule has 110 valence electrons. The van der Waals surface area contributed by atoms with E-state index < -0.39 is 0 Å². The van der Waals surface area contributed by atoms with Crippen LogP contribution >= 0.6 is 0 Å². The van der Waals surface area contributed by atoms with E-state index in [1.165, 1.54) is 88.5 Å². The van der Waals surface area contributed by atoms with Crippen molar-refractivity contribution >= 4 is 11.4 Å². The van der Waals surface area contributed by atoms with E-state index in [1.807, 2.05) is 0 Å². The topological polar surface area (TPSA) is 24.7 Å². The van der Waals surface area contributed by atoms with Gasteiger partial charge in [-0.25, -0.2) is 0 Å². The van der Waals surface area contributed by atoms with Gasteiger partial charge in [0.2, 0.25) is 0 Å². The zero-order valence-electron chi connectivity index (χ0n) is 12.7. The highest BCUT2D eigenvalue weighted by molar-refractivity contribution is 5.93. The van der Waals surface area contributed by atoms with Gasteiger partial charge in [-0.1, -0.05) is 25.7 Å². The molecule has 0 aromatic carbocycles. The van der Waals surface area contributed by atoms with Crippen LogP contribution in [0, 0.1) is 23.7 Å². The Morgan fingerprint density at radius 2 is 0.700 bits per heavy atom. The Hall–Kier alpha value is -0.660. The number of hydrogen-bond donors (Lipinski definition) is 0. The van der Waals surface area contributed by atoms with E-state index in [1.54, 1.807) is 0 Å². The van der Waals surface area contributed by atoms with Crippen molar-refractivity contribution in [3.8, 4) is 0 Å². The molecule has 20 heavy (non-hydrogen) atoms. The lowest BCUT2D eigenvalue weighted by Gasteiger charge is -2.37. The van der Waals surface area contributed by atoms with Gasteiger partial charge in [-0.15, -0.1) is 0 Å². The zero-order chi connectivity index (χ0) is 13.4. The highest BCUT2D eigenvalue weighted by Crippen LogP contribution is 2.40. The van der Waals surface area contributed by atoms with Gasteiger partial charge >= 0.3 is 0 Å². The van der Waals surface area contributed by atoms with Crippen LogP contribution in [-0.4, -0.2) is 11.4 Å². The smallest absolute Gasteiger partial charge is 0.0467 e. The molecule has 4 bridgehead atoms. The van der Waals surface area contributed by atoms with Crippen LogP contribution in [0.15, 0.2) is 10.2 Å². The molecule has 0 heterocycles. The first-order valence-corrected chi connectivity index (χ1v) is 9.07. The van der Waals surface area contributed by atoms with E-state index in [0.29, 0.717) is 0 Å². The average Bonchev–Trinajstić information content (AvgIpc) is 2.44. The van der Waals surface area contributed by atoms with Crippen LogP contribution in [0.25, 0.3) is 0 Å². The lowest BCUT2D eigenvalue weighted by atomic mass is 9.70. The van der Waals surface area contributed by atoms with Gasteiger partial charge in [-0.05, 0) is 75.0 Å². The molecule has 0 spiro atoms. The van der Waals surface area contributed by atoms with Gasteiger partial charge in [0.15, 0.2) is 0 Å². The minimum absolute atomic E-state index is 0.787. The van der Waals surface area contributed by atoms with Crippen LogP contribution in [0.1, 0.15) is 77.0 Å². The number of hydrogen-bond acceptors (Lipinski definition) is 2. The molecule has 0 amide bonds. The molecule has 0 atom stereocenters. The second-order valence-electron chi connectivity index (χ2n) is 7.56. The Morgan fingerprint density at radius 3 is 0.950 bits per heavy atom. The van der Waals surface area contributed by atoms with Crippen LogP contribution in [-0.2, 0) is 0 Å².